The van der Waals surface area contributed by atoms with Gasteiger partial charge >= 0.3 is 15.4 Å². The molecule has 3 aliphatic rings. The standard InChI is InChI=1S/C19H22N10O11P2S/c20-15-10-9(22-4-23-15)14(43-27-10)5-1-8-6(38-5)2-37-42(34,35)40-13-12(30)7(3-36-41(8,32)33)39-18(13)29-16-11(26-28-29)17(31)25-19(21)24-16/h4-8,12-13,18,30H,1-3H2,(H,32,33)(H,34,35)(H2,20,22,23)(H3,21,24,25,31)/t5-,6-,7-,8+,12-,13-,18-/m1/s1. The normalized spacial score (nSPS) is 36.9. The second-order valence-electron chi connectivity index (χ2n) is 9.88. The molecule has 3 aliphatic heterocycles. The van der Waals surface area contributed by atoms with Crippen LogP contribution in [-0.4, -0.2) is 97.5 Å². The third-order valence-corrected chi connectivity index (χ3v) is 11.1. The van der Waals surface area contributed by atoms with E-state index in [2.05, 4.69) is 34.6 Å². The molecule has 0 aromatic carbocycles. The fraction of sp³-hybridized carbons (Fsp3) is 0.526. The topological polar surface area (TPSA) is 308 Å². The third kappa shape index (κ3) is 4.93. The summed E-state index contributed by atoms with van der Waals surface area (Å²) in [5.74, 6) is -0.140. The third-order valence-electron chi connectivity index (χ3n) is 7.24. The largest absolute Gasteiger partial charge is 0.472 e. The number of aliphatic hydroxyl groups is 1. The summed E-state index contributed by atoms with van der Waals surface area (Å²) in [6, 6.07) is 0. The molecule has 9 atom stereocenters. The molecule has 3 fully saturated rings. The fourth-order valence-corrected chi connectivity index (χ4v) is 8.62. The summed E-state index contributed by atoms with van der Waals surface area (Å²) in [5, 5.41) is 18.6. The van der Waals surface area contributed by atoms with Crippen LogP contribution in [0.25, 0.3) is 22.2 Å². The number of phosphoric acid groups is 1. The van der Waals surface area contributed by atoms with Gasteiger partial charge in [-0.1, -0.05) is 5.21 Å². The van der Waals surface area contributed by atoms with E-state index in [9.17, 15) is 28.8 Å². The Hall–Kier alpha value is -3.01. The zero-order valence-corrected chi connectivity index (χ0v) is 24.0. The highest BCUT2D eigenvalue weighted by Crippen LogP contribution is 2.59. The Labute approximate surface area is 242 Å². The molecule has 43 heavy (non-hydrogen) atoms. The number of hydrogen-bond acceptors (Lipinski definition) is 18. The van der Waals surface area contributed by atoms with Crippen LogP contribution in [0, 0.1) is 0 Å². The molecule has 24 heteroatoms. The van der Waals surface area contributed by atoms with Crippen molar-refractivity contribution < 1.29 is 47.1 Å². The number of nitrogens with one attached hydrogen (secondary N) is 1. The average molecular weight is 660 g/mol. The van der Waals surface area contributed by atoms with Crippen LogP contribution < -0.4 is 17.0 Å². The summed E-state index contributed by atoms with van der Waals surface area (Å²) in [6.45, 7) is -1.32. The molecule has 0 radical (unpaired) electrons. The lowest BCUT2D eigenvalue weighted by atomic mass is 10.1. The maximum Gasteiger partial charge on any atom is 0.472 e. The maximum atomic E-state index is 13.6. The van der Waals surface area contributed by atoms with Gasteiger partial charge < -0.3 is 40.4 Å². The van der Waals surface area contributed by atoms with Gasteiger partial charge in [-0.2, -0.15) is 14.0 Å². The lowest BCUT2D eigenvalue weighted by molar-refractivity contribution is -0.0554. The van der Waals surface area contributed by atoms with E-state index in [1.165, 1.54) is 6.33 Å². The van der Waals surface area contributed by atoms with Gasteiger partial charge in [-0.25, -0.2) is 14.5 Å². The predicted molar refractivity (Wildman–Crippen MR) is 142 cm³/mol. The number of H-pyrrole nitrogens is 1. The first-order valence-corrected chi connectivity index (χ1v) is 16.4. The van der Waals surface area contributed by atoms with Crippen LogP contribution in [0.1, 0.15) is 23.6 Å². The molecule has 7 rings (SSSR count). The number of rotatable bonds is 2. The summed E-state index contributed by atoms with van der Waals surface area (Å²) in [6.07, 6.45) is -7.13. The Kier molecular flexibility index (Phi) is 6.87. The highest BCUT2D eigenvalue weighted by molar-refractivity contribution is 7.53. The van der Waals surface area contributed by atoms with Gasteiger partial charge in [0.15, 0.2) is 23.2 Å². The average Bonchev–Trinajstić information content (AvgIpc) is 3.72. The Morgan fingerprint density at radius 1 is 1.07 bits per heavy atom. The second kappa shape index (κ2) is 10.3. The lowest BCUT2D eigenvalue weighted by Gasteiger charge is -2.27. The van der Waals surface area contributed by atoms with Gasteiger partial charge in [0.05, 0.1) is 36.0 Å². The quantitative estimate of drug-likeness (QED) is 0.140. The summed E-state index contributed by atoms with van der Waals surface area (Å²) < 4.78 is 59.6. The number of aromatic amines is 1. The summed E-state index contributed by atoms with van der Waals surface area (Å²) >= 11 is 1.02. The number of aliphatic hydroxyl groups excluding tert-OH is 1. The van der Waals surface area contributed by atoms with Crippen LogP contribution in [-0.2, 0) is 32.2 Å². The molecule has 2 unspecified atom stereocenters. The monoisotopic (exact) mass is 660 g/mol. The minimum Gasteiger partial charge on any atom is -0.387 e. The number of anilines is 2. The smallest absolute Gasteiger partial charge is 0.387 e. The number of nitrogens with zero attached hydrogens (tertiary/aromatic N) is 7. The zero-order valence-electron chi connectivity index (χ0n) is 21.4. The predicted octanol–water partition coefficient (Wildman–Crippen LogP) is -1.05. The van der Waals surface area contributed by atoms with Gasteiger partial charge in [0.1, 0.15) is 35.7 Å². The van der Waals surface area contributed by atoms with E-state index < -0.39 is 76.6 Å². The molecular weight excluding hydrogens is 638 g/mol. The van der Waals surface area contributed by atoms with Gasteiger partial charge in [0.25, 0.3) is 5.56 Å². The van der Waals surface area contributed by atoms with E-state index in [1.807, 2.05) is 0 Å². The van der Waals surface area contributed by atoms with Gasteiger partial charge in [-0.3, -0.25) is 23.4 Å². The molecule has 8 N–H and O–H groups in total. The number of hydrogen-bond donors (Lipinski definition) is 6. The summed E-state index contributed by atoms with van der Waals surface area (Å²) in [4.78, 5) is 48.7. The minimum absolute atomic E-state index is 0.0779. The molecule has 0 spiro atoms. The zero-order chi connectivity index (χ0) is 30.3. The van der Waals surface area contributed by atoms with Crippen molar-refractivity contribution in [3.05, 3.63) is 21.6 Å². The van der Waals surface area contributed by atoms with E-state index in [0.717, 1.165) is 16.2 Å². The van der Waals surface area contributed by atoms with Crippen LogP contribution in [0.15, 0.2) is 11.1 Å². The highest BCUT2D eigenvalue weighted by atomic mass is 32.1. The molecule has 4 aromatic rings. The van der Waals surface area contributed by atoms with Gasteiger partial charge in [0, 0.05) is 0 Å². The van der Waals surface area contributed by atoms with Gasteiger partial charge in [0.2, 0.25) is 5.95 Å². The van der Waals surface area contributed by atoms with Crippen molar-refractivity contribution in [3.8, 4) is 0 Å². The van der Waals surface area contributed by atoms with Crippen LogP contribution in [0.5, 0.6) is 0 Å². The van der Waals surface area contributed by atoms with Crippen molar-refractivity contribution in [3.63, 3.8) is 0 Å². The van der Waals surface area contributed by atoms with E-state index in [-0.39, 0.29) is 29.4 Å². The molecule has 2 bridgehead atoms. The molecule has 0 aliphatic carbocycles. The molecule has 230 valence electrons. The Morgan fingerprint density at radius 3 is 2.67 bits per heavy atom. The molecule has 21 nitrogen and oxygen atoms in total. The summed E-state index contributed by atoms with van der Waals surface area (Å²) in [5.41, 5.74) is 9.86. The lowest BCUT2D eigenvalue weighted by Crippen LogP contribution is -2.37. The van der Waals surface area contributed by atoms with Crippen LogP contribution in [0.4, 0.5) is 11.8 Å². The maximum absolute atomic E-state index is 13.6. The molecule has 7 heterocycles. The molecule has 4 aromatic heterocycles. The number of ether oxygens (including phenoxy) is 2. The molecular formula is C19H22N10O11P2S. The first-order chi connectivity index (χ1) is 20.4. The first kappa shape index (κ1) is 28.7. The Balaban J connectivity index is 1.20. The minimum atomic E-state index is -5.01. The van der Waals surface area contributed by atoms with E-state index in [1.54, 1.807) is 0 Å². The van der Waals surface area contributed by atoms with E-state index in [4.69, 9.17) is 34.5 Å². The number of nitrogens with two attached hydrogens (primary N) is 2. The Bertz CT molecular complexity index is 1890. The van der Waals surface area contributed by atoms with Crippen molar-refractivity contribution >= 4 is 60.9 Å². The molecule has 3 saturated heterocycles. The van der Waals surface area contributed by atoms with E-state index >= 15 is 0 Å². The number of nitrogen functional groups attached to an aromatic ring is 2. The number of aromatic nitrogens is 8. The Morgan fingerprint density at radius 2 is 1.86 bits per heavy atom. The van der Waals surface area contributed by atoms with Crippen molar-refractivity contribution in [2.45, 2.75) is 48.8 Å². The first-order valence-electron chi connectivity index (χ1n) is 12.5. The van der Waals surface area contributed by atoms with Crippen molar-refractivity contribution in [2.24, 2.45) is 0 Å². The second-order valence-corrected chi connectivity index (χ2v) is 14.1. The summed E-state index contributed by atoms with van der Waals surface area (Å²) in [7, 11) is -9.58. The van der Waals surface area contributed by atoms with Crippen molar-refractivity contribution in [2.75, 3.05) is 24.7 Å². The SMILES string of the molecule is Nc1nc2c(nnn2[C@@H]2O[C@@H]3COP(=O)(O)[C@H]4C[C@H](c5snc6c(N)ncnc56)O[C@@H]4COP(=O)(O)O[C@@H]2[C@@H]3O)c(=O)[nH]1. The number of fused-ring (bicyclic) bond motifs is 5. The molecule has 0 saturated carbocycles. The van der Waals surface area contributed by atoms with E-state index in [0.29, 0.717) is 15.9 Å². The van der Waals surface area contributed by atoms with Crippen molar-refractivity contribution in [1.29, 1.82) is 0 Å². The molecule has 0 amide bonds. The van der Waals surface area contributed by atoms with Gasteiger partial charge in [-0.05, 0) is 18.0 Å². The van der Waals surface area contributed by atoms with Crippen LogP contribution in [0.3, 0.4) is 0 Å². The van der Waals surface area contributed by atoms with Crippen LogP contribution >= 0.6 is 27.0 Å². The number of phosphoric ester groups is 1. The highest BCUT2D eigenvalue weighted by Gasteiger charge is 2.54. The van der Waals surface area contributed by atoms with Crippen LogP contribution in [0.2, 0.25) is 0 Å². The van der Waals surface area contributed by atoms with Crippen molar-refractivity contribution in [1.82, 2.24) is 39.3 Å². The fourth-order valence-electron chi connectivity index (χ4n) is 5.23. The van der Waals surface area contributed by atoms with Gasteiger partial charge in [-0.15, -0.1) is 5.10 Å².